The lowest BCUT2D eigenvalue weighted by molar-refractivity contribution is 0.0955. The molecule has 208 valence electrons. The van der Waals surface area contributed by atoms with E-state index in [0.29, 0.717) is 47.5 Å². The second kappa shape index (κ2) is 13.8. The third-order valence-corrected chi connectivity index (χ3v) is 7.96. The van der Waals surface area contributed by atoms with E-state index < -0.39 is 0 Å². The Morgan fingerprint density at radius 3 is 2.50 bits per heavy atom. The zero-order chi connectivity index (χ0) is 25.1. The molecule has 0 aliphatic heterocycles. The largest absolute Gasteiger partial charge is 0.366 e. The molecule has 2 aliphatic carbocycles. The van der Waals surface area contributed by atoms with Crippen LogP contribution in [0.2, 0.25) is 10.0 Å². The summed E-state index contributed by atoms with van der Waals surface area (Å²) in [7, 11) is 0. The van der Waals surface area contributed by atoms with Gasteiger partial charge in [0.15, 0.2) is 17.0 Å². The molecule has 0 saturated heterocycles. The van der Waals surface area contributed by atoms with E-state index in [1.165, 1.54) is 12.8 Å². The number of halogens is 4. The van der Waals surface area contributed by atoms with Gasteiger partial charge in [-0.05, 0) is 50.7 Å². The van der Waals surface area contributed by atoms with Gasteiger partial charge in [-0.3, -0.25) is 4.79 Å². The molecule has 38 heavy (non-hydrogen) atoms. The predicted molar refractivity (Wildman–Crippen MR) is 158 cm³/mol. The normalized spacial score (nSPS) is 19.4. The number of hydrogen-bond donors (Lipinski definition) is 4. The monoisotopic (exact) mass is 602 g/mol. The van der Waals surface area contributed by atoms with E-state index in [9.17, 15) is 4.79 Å². The number of hydrogen-bond acceptors (Lipinski definition) is 7. The minimum absolute atomic E-state index is 0. The van der Waals surface area contributed by atoms with Crippen molar-refractivity contribution in [2.75, 3.05) is 23.7 Å². The van der Waals surface area contributed by atoms with Crippen molar-refractivity contribution in [1.82, 2.24) is 24.8 Å². The van der Waals surface area contributed by atoms with Crippen molar-refractivity contribution in [1.29, 1.82) is 0 Å². The number of aromatic nitrogens is 4. The average molecular weight is 604 g/mol. The second-order valence-corrected chi connectivity index (χ2v) is 10.5. The van der Waals surface area contributed by atoms with Crippen molar-refractivity contribution in [3.63, 3.8) is 0 Å². The van der Waals surface area contributed by atoms with Gasteiger partial charge in [-0.2, -0.15) is 9.97 Å². The maximum atomic E-state index is 12.5. The van der Waals surface area contributed by atoms with Gasteiger partial charge < -0.3 is 26.3 Å². The van der Waals surface area contributed by atoms with E-state index in [0.717, 1.165) is 49.7 Å². The van der Waals surface area contributed by atoms with Gasteiger partial charge in [0, 0.05) is 31.2 Å². The molecule has 13 heteroatoms. The van der Waals surface area contributed by atoms with Gasteiger partial charge in [0.1, 0.15) is 0 Å². The number of benzene rings is 1. The molecule has 5 N–H and O–H groups in total. The highest BCUT2D eigenvalue weighted by Gasteiger charge is 2.24. The number of anilines is 2. The van der Waals surface area contributed by atoms with Crippen LogP contribution >= 0.6 is 48.0 Å². The number of imidazole rings is 1. The maximum absolute atomic E-state index is 12.5. The number of nitrogens with zero attached hydrogens (tertiary/aromatic N) is 4. The van der Waals surface area contributed by atoms with Crippen LogP contribution in [0.15, 0.2) is 24.5 Å². The summed E-state index contributed by atoms with van der Waals surface area (Å²) in [5.41, 5.74) is 8.01. The third kappa shape index (κ3) is 6.93. The third-order valence-electron chi connectivity index (χ3n) is 7.14. The summed E-state index contributed by atoms with van der Waals surface area (Å²) in [6.07, 6.45) is 10.6. The minimum atomic E-state index is -0.277. The Bertz CT molecular complexity index is 1230. The fourth-order valence-corrected chi connectivity index (χ4v) is 5.52. The van der Waals surface area contributed by atoms with Crippen LogP contribution in [0.5, 0.6) is 0 Å². The van der Waals surface area contributed by atoms with Crippen LogP contribution in [0, 0.1) is 0 Å². The molecule has 2 aromatic heterocycles. The number of nitrogens with one attached hydrogen (secondary N) is 3. The van der Waals surface area contributed by atoms with Crippen molar-refractivity contribution >= 4 is 76.9 Å². The van der Waals surface area contributed by atoms with Crippen LogP contribution < -0.4 is 21.7 Å². The molecular formula is C25H34Cl4N8O. The zero-order valence-corrected chi connectivity index (χ0v) is 24.1. The molecule has 2 heterocycles. The van der Waals surface area contributed by atoms with Crippen molar-refractivity contribution in [3.8, 4) is 0 Å². The Morgan fingerprint density at radius 2 is 1.76 bits per heavy atom. The lowest BCUT2D eigenvalue weighted by Crippen LogP contribution is -2.33. The molecule has 0 spiro atoms. The molecule has 3 aromatic rings. The molecule has 5 rings (SSSR count). The van der Waals surface area contributed by atoms with Crippen molar-refractivity contribution in [3.05, 3.63) is 40.1 Å². The van der Waals surface area contributed by atoms with Gasteiger partial charge in [-0.15, -0.1) is 24.8 Å². The first kappa shape index (κ1) is 30.5. The van der Waals surface area contributed by atoms with Crippen molar-refractivity contribution < 1.29 is 4.79 Å². The average Bonchev–Trinajstić information content (AvgIpc) is 3.55. The van der Waals surface area contributed by atoms with Crippen LogP contribution in [0.3, 0.4) is 0 Å². The Morgan fingerprint density at radius 1 is 1.03 bits per heavy atom. The number of carbonyl (C=O) groups excluding carboxylic acids is 1. The predicted octanol–water partition coefficient (Wildman–Crippen LogP) is 5.62. The van der Waals surface area contributed by atoms with E-state index in [1.807, 2.05) is 6.33 Å². The second-order valence-electron chi connectivity index (χ2n) is 9.70. The molecule has 2 saturated carbocycles. The fourth-order valence-electron chi connectivity index (χ4n) is 5.13. The standard InChI is InChI=1S/C25H32Cl2N8O.2ClH/c26-19-7-3-6-18(20(19)27)24(36)30-13-12-29-22-21-23(35(14-31-21)17-4-1-2-5-17)34-25(33-22)32-16-10-8-15(28)9-11-16;;/h3,6-7,14-17H,1-2,4-5,8-13,28H2,(H,30,36)(H2,29,32,33,34);2*1H. The molecule has 9 nitrogen and oxygen atoms in total. The molecule has 1 amide bonds. The summed E-state index contributed by atoms with van der Waals surface area (Å²) in [5, 5.41) is 10.4. The number of rotatable bonds is 8. The summed E-state index contributed by atoms with van der Waals surface area (Å²) in [6.45, 7) is 0.837. The summed E-state index contributed by atoms with van der Waals surface area (Å²) in [6, 6.07) is 6.01. The highest BCUT2D eigenvalue weighted by molar-refractivity contribution is 6.43. The number of fused-ring (bicyclic) bond motifs is 1. The lowest BCUT2D eigenvalue weighted by atomic mass is 9.92. The highest BCUT2D eigenvalue weighted by Crippen LogP contribution is 2.33. The van der Waals surface area contributed by atoms with Gasteiger partial charge in [-0.25, -0.2) is 4.98 Å². The highest BCUT2D eigenvalue weighted by atomic mass is 35.5. The minimum Gasteiger partial charge on any atom is -0.366 e. The number of amides is 1. The summed E-state index contributed by atoms with van der Waals surface area (Å²) < 4.78 is 2.19. The zero-order valence-electron chi connectivity index (χ0n) is 21.0. The van der Waals surface area contributed by atoms with Crippen molar-refractivity contribution in [2.45, 2.75) is 69.5 Å². The Balaban J connectivity index is 0.00000200. The lowest BCUT2D eigenvalue weighted by Gasteiger charge is -2.27. The Kier molecular flexibility index (Phi) is 11.1. The summed E-state index contributed by atoms with van der Waals surface area (Å²) in [4.78, 5) is 26.8. The van der Waals surface area contributed by atoms with Crippen LogP contribution in [-0.4, -0.2) is 50.6 Å². The van der Waals surface area contributed by atoms with Gasteiger partial charge in [0.25, 0.3) is 5.91 Å². The quantitative estimate of drug-likeness (QED) is 0.247. The first-order valence-corrected chi connectivity index (χ1v) is 13.5. The van der Waals surface area contributed by atoms with Gasteiger partial charge in [0.05, 0.1) is 21.9 Å². The SMILES string of the molecule is Cl.Cl.NC1CCC(Nc2nc(NCCNC(=O)c3cccc(Cl)c3Cl)c3ncn(C4CCCC4)c3n2)CC1. The van der Waals surface area contributed by atoms with E-state index in [2.05, 4.69) is 25.5 Å². The maximum Gasteiger partial charge on any atom is 0.252 e. The first-order chi connectivity index (χ1) is 17.5. The molecule has 0 bridgehead atoms. The van der Waals surface area contributed by atoms with Crippen LogP contribution in [0.1, 0.15) is 67.8 Å². The molecule has 2 aliphatic rings. The molecule has 0 unspecified atom stereocenters. The van der Waals surface area contributed by atoms with E-state index in [1.54, 1.807) is 18.2 Å². The smallest absolute Gasteiger partial charge is 0.252 e. The summed E-state index contributed by atoms with van der Waals surface area (Å²) in [5.74, 6) is 0.974. The number of carbonyl (C=O) groups is 1. The van der Waals surface area contributed by atoms with E-state index in [-0.39, 0.29) is 41.8 Å². The molecule has 0 radical (unpaired) electrons. The molecule has 2 fully saturated rings. The Labute approximate surface area is 244 Å². The number of nitrogens with two attached hydrogens (primary N) is 1. The van der Waals surface area contributed by atoms with Crippen LogP contribution in [-0.2, 0) is 0 Å². The van der Waals surface area contributed by atoms with E-state index >= 15 is 0 Å². The first-order valence-electron chi connectivity index (χ1n) is 12.7. The topological polar surface area (TPSA) is 123 Å². The molecule has 0 atom stereocenters. The molecule has 1 aromatic carbocycles. The van der Waals surface area contributed by atoms with Crippen LogP contribution in [0.25, 0.3) is 11.2 Å². The fraction of sp³-hybridized carbons (Fsp3) is 0.520. The van der Waals surface area contributed by atoms with Gasteiger partial charge >= 0.3 is 0 Å². The van der Waals surface area contributed by atoms with Crippen molar-refractivity contribution in [2.24, 2.45) is 5.73 Å². The van der Waals surface area contributed by atoms with Gasteiger partial charge in [-0.1, -0.05) is 42.1 Å². The Hall–Kier alpha value is -2.04. The van der Waals surface area contributed by atoms with E-state index in [4.69, 9.17) is 38.9 Å². The van der Waals surface area contributed by atoms with Gasteiger partial charge in [0.2, 0.25) is 5.95 Å². The summed E-state index contributed by atoms with van der Waals surface area (Å²) >= 11 is 12.2. The van der Waals surface area contributed by atoms with Crippen LogP contribution in [0.4, 0.5) is 11.8 Å². The molecular weight excluding hydrogens is 570 g/mol.